The van der Waals surface area contributed by atoms with Crippen LogP contribution >= 0.6 is 0 Å². The zero-order valence-electron chi connectivity index (χ0n) is 12.7. The summed E-state index contributed by atoms with van der Waals surface area (Å²) < 4.78 is 27.8. The minimum atomic E-state index is 0.0126. The normalized spacial score (nSPS) is 17.9. The van der Waals surface area contributed by atoms with Crippen molar-refractivity contribution < 1.29 is 23.7 Å². The first-order valence-corrected chi connectivity index (χ1v) is 6.67. The van der Waals surface area contributed by atoms with Gasteiger partial charge in [0.25, 0.3) is 0 Å². The van der Waals surface area contributed by atoms with Gasteiger partial charge >= 0.3 is 0 Å². The van der Waals surface area contributed by atoms with E-state index in [1.165, 1.54) is 0 Å². The number of ether oxygens (including phenoxy) is 5. The van der Waals surface area contributed by atoms with E-state index in [4.69, 9.17) is 23.7 Å². The fourth-order valence-electron chi connectivity index (χ4n) is 2.80. The first kappa shape index (κ1) is 14.8. The Balaban J connectivity index is 2.70. The van der Waals surface area contributed by atoms with E-state index in [9.17, 15) is 0 Å². The lowest BCUT2D eigenvalue weighted by Gasteiger charge is -2.24. The molecule has 0 amide bonds. The lowest BCUT2D eigenvalue weighted by atomic mass is 9.97. The first-order chi connectivity index (χ1) is 9.69. The molecular weight excluding hydrogens is 260 g/mol. The van der Waals surface area contributed by atoms with E-state index in [0.29, 0.717) is 23.0 Å². The smallest absolute Gasteiger partial charge is 0.207 e. The molecule has 5 nitrogen and oxygen atoms in total. The second-order valence-electron chi connectivity index (χ2n) is 4.67. The van der Waals surface area contributed by atoms with Crippen molar-refractivity contribution in [3.8, 4) is 23.0 Å². The van der Waals surface area contributed by atoms with Crippen molar-refractivity contribution in [1.82, 2.24) is 0 Å². The number of hydrogen-bond donors (Lipinski definition) is 0. The highest BCUT2D eigenvalue weighted by molar-refractivity contribution is 5.67. The van der Waals surface area contributed by atoms with Crippen LogP contribution in [0, 0.1) is 6.92 Å². The zero-order valence-corrected chi connectivity index (χ0v) is 12.7. The Morgan fingerprint density at radius 1 is 0.850 bits per heavy atom. The van der Waals surface area contributed by atoms with Crippen molar-refractivity contribution in [2.45, 2.75) is 25.9 Å². The average molecular weight is 282 g/mol. The summed E-state index contributed by atoms with van der Waals surface area (Å²) in [5.41, 5.74) is 1.95. The van der Waals surface area contributed by atoms with Gasteiger partial charge in [0.1, 0.15) is 0 Å². The van der Waals surface area contributed by atoms with Gasteiger partial charge in [0.05, 0.1) is 34.5 Å². The highest BCUT2D eigenvalue weighted by atomic mass is 16.5. The maximum absolute atomic E-state index is 5.80. The van der Waals surface area contributed by atoms with Crippen LogP contribution in [0.25, 0.3) is 0 Å². The van der Waals surface area contributed by atoms with Gasteiger partial charge in [0, 0.05) is 17.7 Å². The number of benzene rings is 1. The number of rotatable bonds is 5. The molecule has 1 aromatic rings. The summed E-state index contributed by atoms with van der Waals surface area (Å²) in [5, 5.41) is 0. The van der Waals surface area contributed by atoms with Gasteiger partial charge in [0.15, 0.2) is 11.5 Å². The summed E-state index contributed by atoms with van der Waals surface area (Å²) in [4.78, 5) is 0. The molecule has 20 heavy (non-hydrogen) atoms. The number of methoxy groups -OCH3 is 4. The molecule has 1 aliphatic rings. The van der Waals surface area contributed by atoms with Crippen molar-refractivity contribution in [2.75, 3.05) is 35.0 Å². The van der Waals surface area contributed by atoms with Crippen LogP contribution in [-0.4, -0.2) is 35.0 Å². The van der Waals surface area contributed by atoms with Crippen LogP contribution < -0.4 is 18.9 Å². The molecule has 2 rings (SSSR count). The second kappa shape index (κ2) is 6.22. The minimum Gasteiger partial charge on any atom is -0.492 e. The fourth-order valence-corrected chi connectivity index (χ4v) is 2.80. The van der Waals surface area contributed by atoms with Crippen molar-refractivity contribution >= 4 is 0 Å². The van der Waals surface area contributed by atoms with Crippen LogP contribution in [0.15, 0.2) is 0 Å². The Bertz CT molecular complexity index is 478. The fraction of sp³-hybridized carbons (Fsp3) is 0.600. The predicted octanol–water partition coefficient (Wildman–Crippen LogP) is 2.88. The van der Waals surface area contributed by atoms with Crippen LogP contribution in [0.2, 0.25) is 0 Å². The first-order valence-electron chi connectivity index (χ1n) is 6.67. The van der Waals surface area contributed by atoms with E-state index >= 15 is 0 Å². The van der Waals surface area contributed by atoms with Crippen LogP contribution in [-0.2, 0) is 4.74 Å². The molecule has 0 bridgehead atoms. The SMILES string of the molecule is COc1c(C)c(C2CCCO2)c(OC)c(OC)c1OC. The topological polar surface area (TPSA) is 46.2 Å². The van der Waals surface area contributed by atoms with Gasteiger partial charge < -0.3 is 23.7 Å². The van der Waals surface area contributed by atoms with Crippen molar-refractivity contribution in [3.63, 3.8) is 0 Å². The lowest BCUT2D eigenvalue weighted by molar-refractivity contribution is 0.108. The van der Waals surface area contributed by atoms with Crippen molar-refractivity contribution in [3.05, 3.63) is 11.1 Å². The molecule has 1 aliphatic heterocycles. The molecule has 1 heterocycles. The molecule has 1 fully saturated rings. The molecule has 1 atom stereocenters. The number of hydrogen-bond acceptors (Lipinski definition) is 5. The van der Waals surface area contributed by atoms with Gasteiger partial charge in [-0.3, -0.25) is 0 Å². The monoisotopic (exact) mass is 282 g/mol. The third-order valence-corrected chi connectivity index (χ3v) is 3.68. The maximum atomic E-state index is 5.80. The van der Waals surface area contributed by atoms with Crippen LogP contribution in [0.3, 0.4) is 0 Å². The second-order valence-corrected chi connectivity index (χ2v) is 4.67. The van der Waals surface area contributed by atoms with E-state index in [-0.39, 0.29) is 6.10 Å². The molecule has 1 saturated heterocycles. The highest BCUT2D eigenvalue weighted by Crippen LogP contribution is 2.52. The van der Waals surface area contributed by atoms with E-state index in [2.05, 4.69) is 0 Å². The summed E-state index contributed by atoms with van der Waals surface area (Å²) >= 11 is 0. The molecule has 5 heteroatoms. The third kappa shape index (κ3) is 2.26. The Hall–Kier alpha value is -1.62. The molecule has 1 aromatic carbocycles. The molecule has 0 saturated carbocycles. The largest absolute Gasteiger partial charge is 0.492 e. The predicted molar refractivity (Wildman–Crippen MR) is 75.3 cm³/mol. The molecule has 0 N–H and O–H groups in total. The van der Waals surface area contributed by atoms with Gasteiger partial charge in [-0.1, -0.05) is 0 Å². The molecule has 112 valence electrons. The van der Waals surface area contributed by atoms with E-state index in [1.54, 1.807) is 28.4 Å². The Labute approximate surface area is 119 Å². The van der Waals surface area contributed by atoms with Crippen LogP contribution in [0.5, 0.6) is 23.0 Å². The standard InChI is InChI=1S/C15H22O5/c1-9-11(10-7-6-8-20-10)13(17-3)15(19-5)14(18-4)12(9)16-2/h10H,6-8H2,1-5H3. The van der Waals surface area contributed by atoms with Gasteiger partial charge in [-0.05, 0) is 19.8 Å². The minimum absolute atomic E-state index is 0.0126. The molecular formula is C15H22O5. The third-order valence-electron chi connectivity index (χ3n) is 3.68. The molecule has 0 aliphatic carbocycles. The van der Waals surface area contributed by atoms with Gasteiger partial charge in [-0.15, -0.1) is 0 Å². The summed E-state index contributed by atoms with van der Waals surface area (Å²) in [6.45, 7) is 2.75. The van der Waals surface area contributed by atoms with Gasteiger partial charge in [-0.25, -0.2) is 0 Å². The molecule has 0 spiro atoms. The Morgan fingerprint density at radius 2 is 1.40 bits per heavy atom. The van der Waals surface area contributed by atoms with E-state index < -0.39 is 0 Å². The van der Waals surface area contributed by atoms with Gasteiger partial charge in [0.2, 0.25) is 11.5 Å². The van der Waals surface area contributed by atoms with Crippen LogP contribution in [0.4, 0.5) is 0 Å². The van der Waals surface area contributed by atoms with Gasteiger partial charge in [-0.2, -0.15) is 0 Å². The maximum Gasteiger partial charge on any atom is 0.207 e. The average Bonchev–Trinajstić information content (AvgIpc) is 2.99. The quantitative estimate of drug-likeness (QED) is 0.831. The van der Waals surface area contributed by atoms with Crippen molar-refractivity contribution in [1.29, 1.82) is 0 Å². The molecule has 0 radical (unpaired) electrons. The summed E-state index contributed by atoms with van der Waals surface area (Å²) in [7, 11) is 6.43. The Kier molecular flexibility index (Phi) is 4.60. The highest BCUT2D eigenvalue weighted by Gasteiger charge is 2.31. The summed E-state index contributed by atoms with van der Waals surface area (Å²) in [5.74, 6) is 2.42. The van der Waals surface area contributed by atoms with E-state index in [0.717, 1.165) is 30.6 Å². The summed E-state index contributed by atoms with van der Waals surface area (Å²) in [6, 6.07) is 0. The van der Waals surface area contributed by atoms with E-state index in [1.807, 2.05) is 6.92 Å². The lowest BCUT2D eigenvalue weighted by Crippen LogP contribution is -2.08. The van der Waals surface area contributed by atoms with Crippen LogP contribution in [0.1, 0.15) is 30.1 Å². The molecule has 0 aromatic heterocycles. The van der Waals surface area contributed by atoms with Crippen molar-refractivity contribution in [2.24, 2.45) is 0 Å². The Morgan fingerprint density at radius 3 is 1.85 bits per heavy atom. The summed E-state index contributed by atoms with van der Waals surface area (Å²) in [6.07, 6.45) is 2.03. The molecule has 1 unspecified atom stereocenters. The zero-order chi connectivity index (χ0) is 14.7.